The van der Waals surface area contributed by atoms with Gasteiger partial charge < -0.3 is 5.32 Å². The summed E-state index contributed by atoms with van der Waals surface area (Å²) in [7, 11) is 0. The van der Waals surface area contributed by atoms with Crippen molar-refractivity contribution in [2.24, 2.45) is 0 Å². The fourth-order valence-electron chi connectivity index (χ4n) is 2.29. The molecule has 122 valence electrons. The molecule has 0 aliphatic rings. The summed E-state index contributed by atoms with van der Waals surface area (Å²) in [5.41, 5.74) is 1.92. The average molecular weight is 442 g/mol. The largest absolute Gasteiger partial charge is 0.302 e. The number of Topliss-reactive ketones (excluding diaryl/α,β-unsaturated/α-hetero) is 1. The van der Waals surface area contributed by atoms with Crippen molar-refractivity contribution >= 4 is 50.7 Å². The van der Waals surface area contributed by atoms with Gasteiger partial charge in [-0.3, -0.25) is 9.59 Å². The van der Waals surface area contributed by atoms with Gasteiger partial charge in [0.2, 0.25) is 5.91 Å². The summed E-state index contributed by atoms with van der Waals surface area (Å²) in [6.07, 6.45) is 1.13. The van der Waals surface area contributed by atoms with E-state index >= 15 is 0 Å². The summed E-state index contributed by atoms with van der Waals surface area (Å²) in [5.74, 6) is 0.0592. The fraction of sp³-hybridized carbons (Fsp3) is 0.353. The Balaban J connectivity index is 2.02. The van der Waals surface area contributed by atoms with E-state index in [-0.39, 0.29) is 17.6 Å². The molecule has 1 aromatic carbocycles. The lowest BCUT2D eigenvalue weighted by molar-refractivity contribution is -0.116. The maximum absolute atomic E-state index is 12.2. The zero-order valence-electron chi connectivity index (χ0n) is 13.1. The SMILES string of the molecule is CC(=O)c1sc(NC(=O)CC(C)c2ccccc2)nc1CCI. The Morgan fingerprint density at radius 1 is 1.30 bits per heavy atom. The van der Waals surface area contributed by atoms with Gasteiger partial charge in [-0.15, -0.1) is 0 Å². The lowest BCUT2D eigenvalue weighted by atomic mass is 9.98. The molecule has 0 fully saturated rings. The number of nitrogens with zero attached hydrogens (tertiary/aromatic N) is 1. The number of anilines is 1. The Bertz CT molecular complexity index is 685. The standard InChI is InChI=1S/C17H19IN2O2S/c1-11(13-6-4-3-5-7-13)10-15(22)20-17-19-14(8-9-18)16(23-17)12(2)21/h3-7,11H,8-10H2,1-2H3,(H,19,20,22). The molecule has 0 radical (unpaired) electrons. The first-order valence-corrected chi connectivity index (χ1v) is 9.77. The molecule has 1 atom stereocenters. The molecule has 2 aromatic rings. The van der Waals surface area contributed by atoms with E-state index in [0.717, 1.165) is 22.1 Å². The Kier molecular flexibility index (Phi) is 6.71. The van der Waals surface area contributed by atoms with Crippen LogP contribution in [0.25, 0.3) is 0 Å². The minimum atomic E-state index is -0.0776. The molecule has 23 heavy (non-hydrogen) atoms. The van der Waals surface area contributed by atoms with Crippen LogP contribution in [0.3, 0.4) is 0 Å². The van der Waals surface area contributed by atoms with Crippen molar-refractivity contribution in [1.82, 2.24) is 4.98 Å². The van der Waals surface area contributed by atoms with E-state index in [4.69, 9.17) is 0 Å². The van der Waals surface area contributed by atoms with Crippen LogP contribution in [0.15, 0.2) is 30.3 Å². The highest BCUT2D eigenvalue weighted by Crippen LogP contribution is 2.26. The van der Waals surface area contributed by atoms with Gasteiger partial charge in [0.25, 0.3) is 0 Å². The number of amides is 1. The van der Waals surface area contributed by atoms with Crippen LogP contribution in [0.5, 0.6) is 0 Å². The van der Waals surface area contributed by atoms with Gasteiger partial charge in [-0.25, -0.2) is 4.98 Å². The van der Waals surface area contributed by atoms with Crippen molar-refractivity contribution in [3.8, 4) is 0 Å². The van der Waals surface area contributed by atoms with Gasteiger partial charge in [-0.05, 0) is 11.5 Å². The van der Waals surface area contributed by atoms with Crippen molar-refractivity contribution in [3.63, 3.8) is 0 Å². The van der Waals surface area contributed by atoms with Crippen LogP contribution in [0, 0.1) is 0 Å². The number of carbonyl (C=O) groups is 2. The third-order valence-electron chi connectivity index (χ3n) is 3.45. The number of carbonyl (C=O) groups excluding carboxylic acids is 2. The second kappa shape index (κ2) is 8.54. The van der Waals surface area contributed by atoms with Crippen LogP contribution in [0.4, 0.5) is 5.13 Å². The minimum absolute atomic E-state index is 0.000465. The van der Waals surface area contributed by atoms with Gasteiger partial charge in [0.15, 0.2) is 10.9 Å². The Labute approximate surface area is 153 Å². The monoisotopic (exact) mass is 442 g/mol. The predicted octanol–water partition coefficient (Wildman–Crippen LogP) is 4.46. The van der Waals surface area contributed by atoms with E-state index in [2.05, 4.69) is 32.9 Å². The van der Waals surface area contributed by atoms with Crippen molar-refractivity contribution in [2.75, 3.05) is 9.74 Å². The van der Waals surface area contributed by atoms with E-state index in [1.807, 2.05) is 37.3 Å². The molecule has 6 heteroatoms. The quantitative estimate of drug-likeness (QED) is 0.392. The van der Waals surface area contributed by atoms with Crippen LogP contribution < -0.4 is 5.32 Å². The van der Waals surface area contributed by atoms with Crippen molar-refractivity contribution in [1.29, 1.82) is 0 Å². The fourth-order valence-corrected chi connectivity index (χ4v) is 3.72. The summed E-state index contributed by atoms with van der Waals surface area (Å²) in [6, 6.07) is 9.95. The lowest BCUT2D eigenvalue weighted by Crippen LogP contribution is -2.14. The van der Waals surface area contributed by atoms with Gasteiger partial charge in [-0.2, -0.15) is 0 Å². The van der Waals surface area contributed by atoms with Crippen molar-refractivity contribution < 1.29 is 9.59 Å². The Morgan fingerprint density at radius 3 is 2.61 bits per heavy atom. The number of alkyl halides is 1. The number of hydrogen-bond donors (Lipinski definition) is 1. The van der Waals surface area contributed by atoms with Gasteiger partial charge >= 0.3 is 0 Å². The van der Waals surface area contributed by atoms with Crippen molar-refractivity contribution in [3.05, 3.63) is 46.5 Å². The molecular weight excluding hydrogens is 423 g/mol. The maximum atomic E-state index is 12.2. The predicted molar refractivity (Wildman–Crippen MR) is 103 cm³/mol. The molecule has 0 spiro atoms. The summed E-state index contributed by atoms with van der Waals surface area (Å²) in [4.78, 5) is 28.9. The summed E-state index contributed by atoms with van der Waals surface area (Å²) >= 11 is 3.52. The zero-order valence-corrected chi connectivity index (χ0v) is 16.1. The molecule has 0 aliphatic carbocycles. The molecule has 0 saturated heterocycles. The second-order valence-electron chi connectivity index (χ2n) is 5.35. The van der Waals surface area contributed by atoms with Gasteiger partial charge in [-0.1, -0.05) is 71.2 Å². The minimum Gasteiger partial charge on any atom is -0.302 e. The Hall–Kier alpha value is -1.28. The molecule has 1 unspecified atom stereocenters. The van der Waals surface area contributed by atoms with E-state index in [0.29, 0.717) is 16.4 Å². The van der Waals surface area contributed by atoms with E-state index in [1.165, 1.54) is 18.3 Å². The number of nitrogens with one attached hydrogen (secondary N) is 1. The highest BCUT2D eigenvalue weighted by molar-refractivity contribution is 14.1. The second-order valence-corrected chi connectivity index (χ2v) is 7.43. The van der Waals surface area contributed by atoms with Crippen LogP contribution >= 0.6 is 33.9 Å². The van der Waals surface area contributed by atoms with Crippen molar-refractivity contribution in [2.45, 2.75) is 32.6 Å². The van der Waals surface area contributed by atoms with Gasteiger partial charge in [0.05, 0.1) is 10.6 Å². The van der Waals surface area contributed by atoms with E-state index in [1.54, 1.807) is 0 Å². The highest BCUT2D eigenvalue weighted by Gasteiger charge is 2.17. The molecule has 0 saturated carbocycles. The first-order valence-electron chi connectivity index (χ1n) is 7.42. The number of hydrogen-bond acceptors (Lipinski definition) is 4. The molecule has 4 nitrogen and oxygen atoms in total. The molecule has 1 N–H and O–H groups in total. The highest BCUT2D eigenvalue weighted by atomic mass is 127. The summed E-state index contributed by atoms with van der Waals surface area (Å²) in [6.45, 7) is 3.56. The topological polar surface area (TPSA) is 59.1 Å². The number of halogens is 1. The molecule has 1 aromatic heterocycles. The van der Waals surface area contributed by atoms with Gasteiger partial charge in [0.1, 0.15) is 0 Å². The number of benzene rings is 1. The normalized spacial score (nSPS) is 12.0. The number of thiazole rings is 1. The lowest BCUT2D eigenvalue weighted by Gasteiger charge is -2.10. The molecular formula is C17H19IN2O2S. The number of rotatable bonds is 7. The van der Waals surface area contributed by atoms with Crippen LogP contribution in [-0.2, 0) is 11.2 Å². The van der Waals surface area contributed by atoms with E-state index < -0.39 is 0 Å². The summed E-state index contributed by atoms with van der Waals surface area (Å²) in [5, 5.41) is 3.34. The molecule has 1 amide bonds. The number of ketones is 1. The molecule has 2 rings (SSSR count). The third-order valence-corrected chi connectivity index (χ3v) is 5.11. The summed E-state index contributed by atoms with van der Waals surface area (Å²) < 4.78 is 0.889. The molecule has 1 heterocycles. The first-order chi connectivity index (χ1) is 11.0. The molecule has 0 aliphatic heterocycles. The maximum Gasteiger partial charge on any atom is 0.226 e. The Morgan fingerprint density at radius 2 is 2.00 bits per heavy atom. The number of aromatic nitrogens is 1. The molecule has 0 bridgehead atoms. The smallest absolute Gasteiger partial charge is 0.226 e. The van der Waals surface area contributed by atoms with Crippen LogP contribution in [0.2, 0.25) is 0 Å². The first kappa shape index (κ1) is 18.1. The van der Waals surface area contributed by atoms with Crippen LogP contribution in [0.1, 0.15) is 47.1 Å². The zero-order chi connectivity index (χ0) is 16.8. The average Bonchev–Trinajstić information content (AvgIpc) is 2.91. The van der Waals surface area contributed by atoms with Crippen LogP contribution in [-0.4, -0.2) is 21.1 Å². The van der Waals surface area contributed by atoms with Gasteiger partial charge in [0, 0.05) is 24.2 Å². The third kappa shape index (κ3) is 5.10. The number of aryl methyl sites for hydroxylation is 1. The van der Waals surface area contributed by atoms with E-state index in [9.17, 15) is 9.59 Å².